The Morgan fingerprint density at radius 1 is 1.73 bits per heavy atom. The van der Waals surface area contributed by atoms with E-state index in [2.05, 4.69) is 0 Å². The van der Waals surface area contributed by atoms with Crippen molar-refractivity contribution in [2.75, 3.05) is 13.1 Å². The molecule has 1 amide bonds. The first-order valence-electron chi connectivity index (χ1n) is 4.95. The molecule has 1 unspecified atom stereocenters. The van der Waals surface area contributed by atoms with Crippen molar-refractivity contribution in [2.45, 2.75) is 18.9 Å². The summed E-state index contributed by atoms with van der Waals surface area (Å²) < 4.78 is 0. The van der Waals surface area contributed by atoms with Gasteiger partial charge in [0.05, 0.1) is 12.5 Å². The molecule has 1 fully saturated rings. The third-order valence-electron chi connectivity index (χ3n) is 2.60. The molecule has 1 aromatic rings. The molecule has 82 valence electrons. The number of carbonyl (C=O) groups excluding carboxylic acids is 1. The maximum Gasteiger partial charge on any atom is 0.227 e. The smallest absolute Gasteiger partial charge is 0.227 e. The Labute approximate surface area is 92.6 Å². The molecule has 1 aliphatic heterocycles. The molecule has 0 aliphatic carbocycles. The predicted molar refractivity (Wildman–Crippen MR) is 58.3 cm³/mol. The van der Waals surface area contributed by atoms with E-state index in [0.29, 0.717) is 13.0 Å². The van der Waals surface area contributed by atoms with Crippen molar-refractivity contribution >= 4 is 17.2 Å². The average molecular weight is 226 g/mol. The Balaban J connectivity index is 1.87. The molecular weight excluding hydrogens is 212 g/mol. The summed E-state index contributed by atoms with van der Waals surface area (Å²) in [7, 11) is 0. The zero-order chi connectivity index (χ0) is 10.7. The fraction of sp³-hybridized carbons (Fsp3) is 0.500. The van der Waals surface area contributed by atoms with Crippen LogP contribution in [-0.4, -0.2) is 30.0 Å². The summed E-state index contributed by atoms with van der Waals surface area (Å²) in [6, 6.07) is 3.94. The van der Waals surface area contributed by atoms with E-state index >= 15 is 0 Å². The van der Waals surface area contributed by atoms with Gasteiger partial charge >= 0.3 is 0 Å². The minimum Gasteiger partial charge on any atom is -0.340 e. The highest BCUT2D eigenvalue weighted by Crippen LogP contribution is 2.15. The van der Waals surface area contributed by atoms with E-state index < -0.39 is 0 Å². The number of likely N-dealkylation sites (tertiary alicyclic amines) is 1. The van der Waals surface area contributed by atoms with Crippen molar-refractivity contribution in [3.8, 4) is 0 Å². The fourth-order valence-corrected chi connectivity index (χ4v) is 2.44. The minimum absolute atomic E-state index is 0.0114. The first kappa shape index (κ1) is 10.6. The summed E-state index contributed by atoms with van der Waals surface area (Å²) >= 11 is 1.61. The molecule has 4 nitrogen and oxygen atoms in total. The second-order valence-corrected chi connectivity index (χ2v) is 4.67. The van der Waals surface area contributed by atoms with E-state index in [1.807, 2.05) is 22.4 Å². The normalized spacial score (nSPS) is 20.9. The summed E-state index contributed by atoms with van der Waals surface area (Å²) in [5, 5.41) is 1.98. The van der Waals surface area contributed by atoms with Crippen LogP contribution >= 0.6 is 11.3 Å². The van der Waals surface area contributed by atoms with Gasteiger partial charge in [0.25, 0.3) is 0 Å². The highest BCUT2D eigenvalue weighted by atomic mass is 32.1. The van der Waals surface area contributed by atoms with Crippen molar-refractivity contribution in [2.24, 2.45) is 5.90 Å². The molecule has 15 heavy (non-hydrogen) atoms. The van der Waals surface area contributed by atoms with Crippen LogP contribution in [0.15, 0.2) is 17.5 Å². The van der Waals surface area contributed by atoms with Gasteiger partial charge in [0.1, 0.15) is 0 Å². The Morgan fingerprint density at radius 3 is 3.20 bits per heavy atom. The van der Waals surface area contributed by atoms with E-state index in [4.69, 9.17) is 10.7 Å². The maximum atomic E-state index is 11.8. The summed E-state index contributed by atoms with van der Waals surface area (Å²) in [6.07, 6.45) is 1.35. The molecule has 1 atom stereocenters. The summed E-state index contributed by atoms with van der Waals surface area (Å²) in [4.78, 5) is 19.5. The predicted octanol–water partition coefficient (Wildman–Crippen LogP) is 0.782. The molecule has 0 radical (unpaired) electrons. The number of nitrogens with zero attached hydrogens (tertiary/aromatic N) is 1. The van der Waals surface area contributed by atoms with Crippen molar-refractivity contribution in [1.29, 1.82) is 0 Å². The lowest BCUT2D eigenvalue weighted by Gasteiger charge is -2.15. The number of hydrogen-bond donors (Lipinski definition) is 1. The van der Waals surface area contributed by atoms with Crippen molar-refractivity contribution in [3.05, 3.63) is 22.4 Å². The Bertz CT molecular complexity index is 326. The van der Waals surface area contributed by atoms with Gasteiger partial charge < -0.3 is 4.90 Å². The third-order valence-corrected chi connectivity index (χ3v) is 3.47. The van der Waals surface area contributed by atoms with Crippen LogP contribution in [0.1, 0.15) is 11.3 Å². The number of amides is 1. The largest absolute Gasteiger partial charge is 0.340 e. The van der Waals surface area contributed by atoms with Gasteiger partial charge in [-0.3, -0.25) is 9.63 Å². The lowest BCUT2D eigenvalue weighted by Crippen LogP contribution is -2.31. The number of nitrogens with two attached hydrogens (primary N) is 1. The second kappa shape index (κ2) is 4.74. The van der Waals surface area contributed by atoms with Gasteiger partial charge in [0.15, 0.2) is 0 Å². The van der Waals surface area contributed by atoms with Gasteiger partial charge in [-0.1, -0.05) is 6.07 Å². The summed E-state index contributed by atoms with van der Waals surface area (Å²) in [5.74, 6) is 5.26. The van der Waals surface area contributed by atoms with E-state index in [9.17, 15) is 4.79 Å². The Morgan fingerprint density at radius 2 is 2.60 bits per heavy atom. The van der Waals surface area contributed by atoms with Crippen LogP contribution in [0.5, 0.6) is 0 Å². The number of carbonyl (C=O) groups is 1. The fourth-order valence-electron chi connectivity index (χ4n) is 1.74. The molecule has 1 aliphatic rings. The first-order chi connectivity index (χ1) is 7.29. The van der Waals surface area contributed by atoms with E-state index in [-0.39, 0.29) is 12.0 Å². The van der Waals surface area contributed by atoms with Crippen molar-refractivity contribution in [1.82, 2.24) is 4.90 Å². The van der Waals surface area contributed by atoms with Crippen LogP contribution in [0, 0.1) is 0 Å². The zero-order valence-electron chi connectivity index (χ0n) is 8.39. The van der Waals surface area contributed by atoms with Crippen LogP contribution in [-0.2, 0) is 16.1 Å². The molecule has 0 bridgehead atoms. The lowest BCUT2D eigenvalue weighted by molar-refractivity contribution is -0.129. The highest BCUT2D eigenvalue weighted by molar-refractivity contribution is 7.10. The minimum atomic E-state index is 0.0114. The van der Waals surface area contributed by atoms with Crippen LogP contribution in [0.4, 0.5) is 0 Å². The number of hydrogen-bond acceptors (Lipinski definition) is 4. The maximum absolute atomic E-state index is 11.8. The van der Waals surface area contributed by atoms with Gasteiger partial charge in [-0.25, -0.2) is 5.90 Å². The molecule has 2 N–H and O–H groups in total. The monoisotopic (exact) mass is 226 g/mol. The van der Waals surface area contributed by atoms with Crippen LogP contribution in [0.3, 0.4) is 0 Å². The zero-order valence-corrected chi connectivity index (χ0v) is 9.20. The molecule has 2 rings (SSSR count). The summed E-state index contributed by atoms with van der Waals surface area (Å²) in [5.41, 5.74) is 0. The average Bonchev–Trinajstić information content (AvgIpc) is 2.86. The standard InChI is InChI=1S/C10H14N2O2S/c11-14-8-3-4-12(7-8)10(13)6-9-2-1-5-15-9/h1-2,5,8H,3-4,6-7,11H2. The molecule has 1 aromatic heterocycles. The van der Waals surface area contributed by atoms with E-state index in [1.54, 1.807) is 11.3 Å². The van der Waals surface area contributed by atoms with Crippen LogP contribution in [0.2, 0.25) is 0 Å². The molecule has 0 spiro atoms. The van der Waals surface area contributed by atoms with Gasteiger partial charge in [-0.05, 0) is 17.9 Å². The Hall–Kier alpha value is -0.910. The number of rotatable bonds is 3. The first-order valence-corrected chi connectivity index (χ1v) is 5.83. The molecule has 5 heteroatoms. The highest BCUT2D eigenvalue weighted by Gasteiger charge is 2.26. The van der Waals surface area contributed by atoms with Gasteiger partial charge in [0.2, 0.25) is 5.91 Å². The Kier molecular flexibility index (Phi) is 3.35. The van der Waals surface area contributed by atoms with Crippen LogP contribution < -0.4 is 5.90 Å². The molecular formula is C10H14N2O2S. The van der Waals surface area contributed by atoms with Crippen molar-refractivity contribution < 1.29 is 9.63 Å². The molecule has 2 heterocycles. The lowest BCUT2D eigenvalue weighted by atomic mass is 10.3. The molecule has 1 saturated heterocycles. The quantitative estimate of drug-likeness (QED) is 0.775. The molecule has 0 saturated carbocycles. The number of thiophene rings is 1. The topological polar surface area (TPSA) is 55.6 Å². The molecule has 0 aromatic carbocycles. The van der Waals surface area contributed by atoms with E-state index in [0.717, 1.165) is 17.8 Å². The third kappa shape index (κ3) is 2.56. The van der Waals surface area contributed by atoms with E-state index in [1.165, 1.54) is 0 Å². The summed E-state index contributed by atoms with van der Waals surface area (Å²) in [6.45, 7) is 1.38. The van der Waals surface area contributed by atoms with Gasteiger partial charge in [-0.2, -0.15) is 0 Å². The van der Waals surface area contributed by atoms with Crippen LogP contribution in [0.25, 0.3) is 0 Å². The SMILES string of the molecule is NOC1CCN(C(=O)Cc2cccs2)C1. The van der Waals surface area contributed by atoms with Crippen molar-refractivity contribution in [3.63, 3.8) is 0 Å². The van der Waals surface area contributed by atoms with Gasteiger partial charge in [0, 0.05) is 18.0 Å². The van der Waals surface area contributed by atoms with Gasteiger partial charge in [-0.15, -0.1) is 11.3 Å². The second-order valence-electron chi connectivity index (χ2n) is 3.64.